The third kappa shape index (κ3) is 4.09. The summed E-state index contributed by atoms with van der Waals surface area (Å²) in [7, 11) is 2.03. The first kappa shape index (κ1) is 22.3. The van der Waals surface area contributed by atoms with Crippen LogP contribution in [0, 0.1) is 12.8 Å². The molecule has 182 valence electrons. The number of rotatable bonds is 7. The summed E-state index contributed by atoms with van der Waals surface area (Å²) in [4.78, 5) is 19.6. The van der Waals surface area contributed by atoms with Crippen molar-refractivity contribution in [2.45, 2.75) is 20.0 Å². The Morgan fingerprint density at radius 2 is 1.81 bits per heavy atom. The first-order valence-corrected chi connectivity index (χ1v) is 12.3. The van der Waals surface area contributed by atoms with Crippen LogP contribution in [-0.4, -0.2) is 50.1 Å². The van der Waals surface area contributed by atoms with Crippen LogP contribution in [-0.2, 0) is 17.9 Å². The molecule has 0 saturated carbocycles. The quantitative estimate of drug-likeness (QED) is 0.372. The van der Waals surface area contributed by atoms with Crippen molar-refractivity contribution in [3.63, 3.8) is 0 Å². The molecule has 8 heteroatoms. The topological polar surface area (TPSA) is 79.5 Å². The predicted molar refractivity (Wildman–Crippen MR) is 141 cm³/mol. The van der Waals surface area contributed by atoms with Crippen LogP contribution in [0.3, 0.4) is 0 Å². The molecule has 8 nitrogen and oxygen atoms in total. The van der Waals surface area contributed by atoms with Gasteiger partial charge in [0.05, 0.1) is 11.4 Å². The molecule has 1 aliphatic heterocycles. The van der Waals surface area contributed by atoms with Gasteiger partial charge >= 0.3 is 0 Å². The maximum atomic E-state index is 12.5. The zero-order valence-electron chi connectivity index (χ0n) is 20.5. The molecule has 0 spiro atoms. The lowest BCUT2D eigenvalue weighted by atomic mass is 10.00. The molecule has 4 heterocycles. The molecule has 3 aromatic heterocycles. The lowest BCUT2D eigenvalue weighted by Gasteiger charge is -2.34. The summed E-state index contributed by atoms with van der Waals surface area (Å²) in [6.07, 6.45) is 1.94. The summed E-state index contributed by atoms with van der Waals surface area (Å²) in [5, 5.41) is 12.5. The number of nitrogens with one attached hydrogen (secondary N) is 2. The summed E-state index contributed by atoms with van der Waals surface area (Å²) in [5.41, 5.74) is 5.24. The molecule has 5 aromatic rings. The van der Waals surface area contributed by atoms with Gasteiger partial charge in [0.25, 0.3) is 5.95 Å². The lowest BCUT2D eigenvalue weighted by molar-refractivity contribution is -0.129. The van der Waals surface area contributed by atoms with Crippen molar-refractivity contribution in [1.29, 1.82) is 0 Å². The van der Waals surface area contributed by atoms with E-state index in [-0.39, 0.29) is 11.8 Å². The third-order valence-electron chi connectivity index (χ3n) is 6.89. The van der Waals surface area contributed by atoms with Gasteiger partial charge in [0.2, 0.25) is 5.91 Å². The van der Waals surface area contributed by atoms with E-state index in [0.29, 0.717) is 19.0 Å². The Balaban J connectivity index is 1.32. The summed E-state index contributed by atoms with van der Waals surface area (Å²) in [6, 6.07) is 22.6. The maximum absolute atomic E-state index is 12.5. The fraction of sp³-hybridized carbons (Fsp3) is 0.250. The van der Waals surface area contributed by atoms with E-state index in [2.05, 4.69) is 57.4 Å². The number of amides is 1. The average molecular weight is 480 g/mol. The van der Waals surface area contributed by atoms with Crippen molar-refractivity contribution < 1.29 is 4.79 Å². The van der Waals surface area contributed by atoms with Crippen molar-refractivity contribution >= 4 is 28.1 Å². The van der Waals surface area contributed by atoms with Crippen LogP contribution in [0.25, 0.3) is 22.4 Å². The van der Waals surface area contributed by atoms with Crippen molar-refractivity contribution in [3.05, 3.63) is 89.7 Å². The molecule has 36 heavy (non-hydrogen) atoms. The molecule has 0 aliphatic carbocycles. The Labute approximate surface area is 209 Å². The molecular formula is C28H29N7O. The van der Waals surface area contributed by atoms with Gasteiger partial charge in [-0.2, -0.15) is 4.98 Å². The smallest absolute Gasteiger partial charge is 0.254 e. The van der Waals surface area contributed by atoms with Crippen molar-refractivity contribution in [3.8, 4) is 5.95 Å². The van der Waals surface area contributed by atoms with Crippen molar-refractivity contribution in [2.24, 2.45) is 5.92 Å². The van der Waals surface area contributed by atoms with Gasteiger partial charge in [0, 0.05) is 43.5 Å². The van der Waals surface area contributed by atoms with Crippen LogP contribution >= 0.6 is 0 Å². The average Bonchev–Trinajstić information content (AvgIpc) is 3.48. The van der Waals surface area contributed by atoms with Crippen LogP contribution in [0.1, 0.15) is 16.8 Å². The number of carbonyl (C=O) groups excluding carboxylic acids is 1. The summed E-state index contributed by atoms with van der Waals surface area (Å²) in [6.45, 7) is 4.88. The zero-order valence-corrected chi connectivity index (χ0v) is 20.5. The zero-order chi connectivity index (χ0) is 24.6. The number of hydrogen-bond donors (Lipinski definition) is 2. The van der Waals surface area contributed by atoms with E-state index in [4.69, 9.17) is 10.1 Å². The highest BCUT2D eigenvalue weighted by Gasteiger charge is 2.29. The summed E-state index contributed by atoms with van der Waals surface area (Å²) < 4.78 is 3.94. The maximum Gasteiger partial charge on any atom is 0.254 e. The second kappa shape index (κ2) is 9.13. The van der Waals surface area contributed by atoms with E-state index in [0.717, 1.165) is 46.6 Å². The predicted octanol–water partition coefficient (Wildman–Crippen LogP) is 3.77. The molecule has 1 aliphatic rings. The SMILES string of the molecule is Cc1cc2c(CNC(=O)C3CN(C)C3)cccc2n1-c1nc(NCc2ccccc2)c2cccn2n1. The van der Waals surface area contributed by atoms with Crippen LogP contribution in [0.4, 0.5) is 5.82 Å². The van der Waals surface area contributed by atoms with Crippen LogP contribution in [0.2, 0.25) is 0 Å². The van der Waals surface area contributed by atoms with Crippen LogP contribution < -0.4 is 10.6 Å². The molecule has 1 amide bonds. The Morgan fingerprint density at radius 3 is 2.61 bits per heavy atom. The van der Waals surface area contributed by atoms with Gasteiger partial charge in [-0.15, -0.1) is 5.10 Å². The number of benzene rings is 2. The highest BCUT2D eigenvalue weighted by atomic mass is 16.2. The van der Waals surface area contributed by atoms with E-state index in [1.165, 1.54) is 5.56 Å². The van der Waals surface area contributed by atoms with Gasteiger partial charge < -0.3 is 15.5 Å². The highest BCUT2D eigenvalue weighted by Crippen LogP contribution is 2.27. The molecule has 2 N–H and O–H groups in total. The van der Waals surface area contributed by atoms with Crippen LogP contribution in [0.5, 0.6) is 0 Å². The largest absolute Gasteiger partial charge is 0.364 e. The van der Waals surface area contributed by atoms with E-state index in [1.54, 1.807) is 0 Å². The second-order valence-corrected chi connectivity index (χ2v) is 9.54. The van der Waals surface area contributed by atoms with Gasteiger partial charge in [0.15, 0.2) is 5.82 Å². The lowest BCUT2D eigenvalue weighted by Crippen LogP contribution is -2.51. The van der Waals surface area contributed by atoms with Crippen LogP contribution in [0.15, 0.2) is 72.9 Å². The molecule has 0 radical (unpaired) electrons. The minimum atomic E-state index is 0.0871. The van der Waals surface area contributed by atoms with Gasteiger partial charge in [-0.25, -0.2) is 4.52 Å². The van der Waals surface area contributed by atoms with Gasteiger partial charge in [0.1, 0.15) is 5.52 Å². The minimum absolute atomic E-state index is 0.0871. The number of carbonyl (C=O) groups is 1. The first-order valence-electron chi connectivity index (χ1n) is 12.3. The molecule has 0 atom stereocenters. The number of hydrogen-bond acceptors (Lipinski definition) is 5. The van der Waals surface area contributed by atoms with Gasteiger partial charge in [-0.05, 0) is 49.4 Å². The number of likely N-dealkylation sites (tertiary alicyclic amines) is 1. The van der Waals surface area contributed by atoms with E-state index in [9.17, 15) is 4.79 Å². The van der Waals surface area contributed by atoms with E-state index in [1.807, 2.05) is 54.2 Å². The fourth-order valence-corrected chi connectivity index (χ4v) is 4.97. The van der Waals surface area contributed by atoms with Crippen molar-refractivity contribution in [1.82, 2.24) is 29.4 Å². The second-order valence-electron chi connectivity index (χ2n) is 9.54. The number of nitrogens with zero attached hydrogens (tertiary/aromatic N) is 5. The summed E-state index contributed by atoms with van der Waals surface area (Å²) in [5.74, 6) is 1.59. The molecule has 1 saturated heterocycles. The normalized spacial score (nSPS) is 14.3. The molecule has 2 aromatic carbocycles. The molecular weight excluding hydrogens is 450 g/mol. The first-order chi connectivity index (χ1) is 17.6. The summed E-state index contributed by atoms with van der Waals surface area (Å²) >= 11 is 0. The Kier molecular flexibility index (Phi) is 5.65. The standard InChI is InChI=1S/C28H29N7O/c1-19-14-23-21(16-30-27(36)22-17-33(2)18-22)10-6-11-24(23)35(19)28-31-26(25-12-7-13-34(25)32-28)29-15-20-8-4-3-5-9-20/h3-14,22H,15-18H2,1-2H3,(H,30,36)(H,29,31,32). The van der Waals surface area contributed by atoms with E-state index < -0.39 is 0 Å². The van der Waals surface area contributed by atoms with Gasteiger partial charge in [-0.3, -0.25) is 9.36 Å². The fourth-order valence-electron chi connectivity index (χ4n) is 4.97. The number of aromatic nitrogens is 4. The van der Waals surface area contributed by atoms with E-state index >= 15 is 0 Å². The third-order valence-corrected chi connectivity index (χ3v) is 6.89. The molecule has 0 unspecified atom stereocenters. The Bertz CT molecular complexity index is 1550. The number of anilines is 1. The van der Waals surface area contributed by atoms with Crippen molar-refractivity contribution in [2.75, 3.05) is 25.5 Å². The Hall–Kier alpha value is -4.17. The number of fused-ring (bicyclic) bond motifs is 2. The molecule has 1 fully saturated rings. The van der Waals surface area contributed by atoms with Gasteiger partial charge in [-0.1, -0.05) is 42.5 Å². The Morgan fingerprint density at radius 1 is 1.00 bits per heavy atom. The minimum Gasteiger partial charge on any atom is -0.364 e. The monoisotopic (exact) mass is 479 g/mol. The number of aryl methyl sites for hydroxylation is 1. The molecule has 6 rings (SSSR count). The molecule has 0 bridgehead atoms. The highest BCUT2D eigenvalue weighted by molar-refractivity contribution is 5.87.